The maximum Gasteiger partial charge on any atom is 0.246 e. The predicted octanol–water partition coefficient (Wildman–Crippen LogP) is -2.09. The molecule has 0 aromatic carbocycles. The fraction of sp³-hybridized carbons (Fsp3) is 0.778. The summed E-state index contributed by atoms with van der Waals surface area (Å²) in [6, 6.07) is -3.25. The molecule has 0 saturated carbocycles. The highest BCUT2D eigenvalue weighted by Gasteiger charge is 2.43. The molecule has 4 amide bonds. The van der Waals surface area contributed by atoms with E-state index in [0.717, 1.165) is 0 Å². The first-order valence-electron chi connectivity index (χ1n) is 9.76. The van der Waals surface area contributed by atoms with Crippen LogP contribution >= 0.6 is 0 Å². The normalized spacial score (nSPS) is 24.3. The van der Waals surface area contributed by atoms with Gasteiger partial charge in [0.05, 0.1) is 6.61 Å². The molecule has 2 aliphatic rings. The van der Waals surface area contributed by atoms with Crippen LogP contribution in [0.2, 0.25) is 0 Å². The van der Waals surface area contributed by atoms with Crippen LogP contribution in [0.15, 0.2) is 0 Å². The molecule has 0 aromatic heterocycles. The van der Waals surface area contributed by atoms with Crippen LogP contribution in [0, 0.1) is 5.92 Å². The molecule has 0 spiro atoms. The van der Waals surface area contributed by atoms with Crippen LogP contribution in [0.5, 0.6) is 0 Å². The number of aliphatic hydroxyl groups is 1. The van der Waals surface area contributed by atoms with Crippen molar-refractivity contribution in [2.45, 2.75) is 63.7 Å². The molecule has 0 radical (unpaired) electrons. The third-order valence-corrected chi connectivity index (χ3v) is 5.44. The SMILES string of the molecule is CC(C)[C@H](NC(=O)[C@@H]1CCCN1C(=O)[C@@H]1CCCN1C(=O)[C@@H](N)CO)C(N)=O. The highest BCUT2D eigenvalue weighted by molar-refractivity contribution is 5.95. The lowest BCUT2D eigenvalue weighted by Gasteiger charge is -2.32. The first-order chi connectivity index (χ1) is 13.2. The molecular weight excluding hydrogens is 366 g/mol. The van der Waals surface area contributed by atoms with E-state index in [1.807, 2.05) is 0 Å². The molecule has 2 saturated heterocycles. The van der Waals surface area contributed by atoms with Crippen molar-refractivity contribution in [3.8, 4) is 0 Å². The predicted molar refractivity (Wildman–Crippen MR) is 100 cm³/mol. The number of amides is 4. The Morgan fingerprint density at radius 1 is 1.07 bits per heavy atom. The standard InChI is InChI=1S/C18H31N5O5/c1-10(2)14(15(20)25)21-16(26)12-5-3-7-22(12)18(28)13-6-4-8-23(13)17(27)11(19)9-24/h10-14,24H,3-9,19H2,1-2H3,(H2,20,25)(H,21,26)/t11-,12-,13-,14-/m0/s1. The van der Waals surface area contributed by atoms with Gasteiger partial charge in [0.1, 0.15) is 24.2 Å². The second kappa shape index (κ2) is 9.33. The zero-order valence-corrected chi connectivity index (χ0v) is 16.5. The molecule has 0 aromatic rings. The highest BCUT2D eigenvalue weighted by atomic mass is 16.3. The number of nitrogens with two attached hydrogens (primary N) is 2. The quantitative estimate of drug-likeness (QED) is 0.386. The summed E-state index contributed by atoms with van der Waals surface area (Å²) >= 11 is 0. The van der Waals surface area contributed by atoms with E-state index in [1.54, 1.807) is 13.8 Å². The third kappa shape index (κ3) is 4.61. The molecular formula is C18H31N5O5. The van der Waals surface area contributed by atoms with Gasteiger partial charge < -0.3 is 31.7 Å². The second-order valence-electron chi connectivity index (χ2n) is 7.80. The Labute approximate surface area is 164 Å². The van der Waals surface area contributed by atoms with E-state index >= 15 is 0 Å². The van der Waals surface area contributed by atoms with Crippen molar-refractivity contribution in [1.29, 1.82) is 0 Å². The number of carbonyl (C=O) groups is 4. The van der Waals surface area contributed by atoms with Crippen LogP contribution in [-0.4, -0.2) is 82.4 Å². The molecule has 2 heterocycles. The number of nitrogens with one attached hydrogen (secondary N) is 1. The average Bonchev–Trinajstić information content (AvgIpc) is 3.32. The van der Waals surface area contributed by atoms with Crippen molar-refractivity contribution in [3.63, 3.8) is 0 Å². The number of aliphatic hydroxyl groups excluding tert-OH is 1. The minimum Gasteiger partial charge on any atom is -0.394 e. The van der Waals surface area contributed by atoms with Crippen molar-refractivity contribution in [2.75, 3.05) is 19.7 Å². The average molecular weight is 397 g/mol. The maximum atomic E-state index is 13.1. The fourth-order valence-corrected chi connectivity index (χ4v) is 3.89. The first kappa shape index (κ1) is 22.1. The lowest BCUT2D eigenvalue weighted by molar-refractivity contribution is -0.147. The van der Waals surface area contributed by atoms with E-state index < -0.39 is 48.5 Å². The number of carbonyl (C=O) groups excluding carboxylic acids is 4. The summed E-state index contributed by atoms with van der Waals surface area (Å²) in [5, 5.41) is 11.8. The molecule has 0 bridgehead atoms. The fourth-order valence-electron chi connectivity index (χ4n) is 3.89. The minimum atomic E-state index is -1.06. The highest BCUT2D eigenvalue weighted by Crippen LogP contribution is 2.25. The minimum absolute atomic E-state index is 0.171. The summed E-state index contributed by atoms with van der Waals surface area (Å²) in [6.07, 6.45) is 2.28. The summed E-state index contributed by atoms with van der Waals surface area (Å²) in [4.78, 5) is 52.6. The topological polar surface area (TPSA) is 159 Å². The molecule has 28 heavy (non-hydrogen) atoms. The van der Waals surface area contributed by atoms with Crippen molar-refractivity contribution in [1.82, 2.24) is 15.1 Å². The van der Waals surface area contributed by atoms with Gasteiger partial charge in [0.15, 0.2) is 0 Å². The molecule has 10 heteroatoms. The molecule has 2 aliphatic heterocycles. The van der Waals surface area contributed by atoms with Gasteiger partial charge in [-0.3, -0.25) is 19.2 Å². The smallest absolute Gasteiger partial charge is 0.246 e. The number of hydrogen-bond acceptors (Lipinski definition) is 6. The van der Waals surface area contributed by atoms with Gasteiger partial charge in [-0.2, -0.15) is 0 Å². The van der Waals surface area contributed by atoms with Crippen molar-refractivity contribution >= 4 is 23.6 Å². The van der Waals surface area contributed by atoms with Gasteiger partial charge in [0.2, 0.25) is 23.6 Å². The van der Waals surface area contributed by atoms with Gasteiger partial charge in [-0.05, 0) is 31.6 Å². The van der Waals surface area contributed by atoms with Crippen molar-refractivity contribution in [2.24, 2.45) is 17.4 Å². The zero-order valence-electron chi connectivity index (χ0n) is 16.5. The Balaban J connectivity index is 2.10. The van der Waals surface area contributed by atoms with Crippen LogP contribution < -0.4 is 16.8 Å². The molecule has 4 atom stereocenters. The van der Waals surface area contributed by atoms with Gasteiger partial charge in [-0.15, -0.1) is 0 Å². The lowest BCUT2D eigenvalue weighted by atomic mass is 10.0. The van der Waals surface area contributed by atoms with Crippen LogP contribution in [0.4, 0.5) is 0 Å². The second-order valence-corrected chi connectivity index (χ2v) is 7.80. The van der Waals surface area contributed by atoms with Gasteiger partial charge in [-0.25, -0.2) is 0 Å². The van der Waals surface area contributed by atoms with E-state index in [1.165, 1.54) is 9.80 Å². The largest absolute Gasteiger partial charge is 0.394 e. The van der Waals surface area contributed by atoms with Crippen molar-refractivity contribution in [3.05, 3.63) is 0 Å². The molecule has 158 valence electrons. The van der Waals surface area contributed by atoms with Gasteiger partial charge in [0, 0.05) is 13.1 Å². The monoisotopic (exact) mass is 397 g/mol. The summed E-state index contributed by atoms with van der Waals surface area (Å²) < 4.78 is 0. The summed E-state index contributed by atoms with van der Waals surface area (Å²) in [7, 11) is 0. The lowest BCUT2D eigenvalue weighted by Crippen LogP contribution is -2.57. The van der Waals surface area contributed by atoms with Crippen LogP contribution in [0.1, 0.15) is 39.5 Å². The number of nitrogens with zero attached hydrogens (tertiary/aromatic N) is 2. The van der Waals surface area contributed by atoms with E-state index in [-0.39, 0.29) is 11.8 Å². The van der Waals surface area contributed by atoms with E-state index in [0.29, 0.717) is 38.8 Å². The number of hydrogen-bond donors (Lipinski definition) is 4. The number of primary amides is 1. The zero-order chi connectivity index (χ0) is 21.0. The molecule has 0 unspecified atom stereocenters. The Morgan fingerprint density at radius 2 is 1.64 bits per heavy atom. The molecule has 0 aliphatic carbocycles. The van der Waals surface area contributed by atoms with Crippen LogP contribution in [0.3, 0.4) is 0 Å². The van der Waals surface area contributed by atoms with E-state index in [9.17, 15) is 19.2 Å². The maximum absolute atomic E-state index is 13.1. The number of likely N-dealkylation sites (tertiary alicyclic amines) is 2. The van der Waals surface area contributed by atoms with Crippen LogP contribution in [0.25, 0.3) is 0 Å². The molecule has 2 rings (SSSR count). The van der Waals surface area contributed by atoms with Gasteiger partial charge >= 0.3 is 0 Å². The third-order valence-electron chi connectivity index (χ3n) is 5.44. The van der Waals surface area contributed by atoms with Crippen molar-refractivity contribution < 1.29 is 24.3 Å². The summed E-state index contributed by atoms with van der Waals surface area (Å²) in [6.45, 7) is 3.86. The first-order valence-corrected chi connectivity index (χ1v) is 9.76. The van der Waals surface area contributed by atoms with Crippen LogP contribution in [-0.2, 0) is 19.2 Å². The van der Waals surface area contributed by atoms with E-state index in [4.69, 9.17) is 16.6 Å². The Morgan fingerprint density at radius 3 is 2.18 bits per heavy atom. The van der Waals surface area contributed by atoms with Gasteiger partial charge in [-0.1, -0.05) is 13.8 Å². The summed E-state index contributed by atoms with van der Waals surface area (Å²) in [5.74, 6) is -1.97. The summed E-state index contributed by atoms with van der Waals surface area (Å²) in [5.41, 5.74) is 11.0. The van der Waals surface area contributed by atoms with Gasteiger partial charge in [0.25, 0.3) is 0 Å². The Hall–Kier alpha value is -2.20. The molecule has 2 fully saturated rings. The Kier molecular flexibility index (Phi) is 7.36. The Bertz CT molecular complexity index is 625. The number of rotatable bonds is 7. The van der Waals surface area contributed by atoms with E-state index in [2.05, 4.69) is 5.32 Å². The molecule has 6 N–H and O–H groups in total. The molecule has 10 nitrogen and oxygen atoms in total.